The third-order valence-electron chi connectivity index (χ3n) is 3.74. The van der Waals surface area contributed by atoms with Crippen molar-refractivity contribution in [3.05, 3.63) is 63.8 Å². The Hall–Kier alpha value is -2.50. The van der Waals surface area contributed by atoms with Gasteiger partial charge in [-0.1, -0.05) is 35.3 Å². The molecule has 0 saturated carbocycles. The lowest BCUT2D eigenvalue weighted by atomic mass is 10.1. The number of halogens is 2. The molecule has 5 nitrogen and oxygen atoms in total. The second-order valence-electron chi connectivity index (χ2n) is 5.96. The molecular weight excluding hydrogens is 377 g/mol. The molecule has 26 heavy (non-hydrogen) atoms. The zero-order chi connectivity index (χ0) is 19.0. The van der Waals surface area contributed by atoms with Gasteiger partial charge in [-0.2, -0.15) is 0 Å². The monoisotopic (exact) mass is 391 g/mol. The number of aliphatic hydroxyl groups is 1. The molecule has 134 valence electrons. The van der Waals surface area contributed by atoms with Crippen LogP contribution in [0.5, 0.6) is 5.75 Å². The Labute approximate surface area is 160 Å². The number of benzene rings is 2. The first-order valence-electron chi connectivity index (χ1n) is 7.83. The van der Waals surface area contributed by atoms with Crippen LogP contribution in [0.2, 0.25) is 10.0 Å². The summed E-state index contributed by atoms with van der Waals surface area (Å²) in [6, 6.07) is 11.0. The molecule has 7 heteroatoms. The van der Waals surface area contributed by atoms with Crippen LogP contribution in [0.4, 0.5) is 5.69 Å². The van der Waals surface area contributed by atoms with Crippen LogP contribution in [0.25, 0.3) is 5.57 Å². The van der Waals surface area contributed by atoms with Gasteiger partial charge in [-0.15, -0.1) is 0 Å². The average molecular weight is 392 g/mol. The standard InChI is InChI=1S/C19H15Cl2NO4/c1-10(2)26-13-6-3-11(4-7-13)16-17(23)19(25)22(18(16)24)12-5-8-14(20)15(21)9-12/h3-10,23H,1-2H3. The van der Waals surface area contributed by atoms with Crippen molar-refractivity contribution in [1.29, 1.82) is 0 Å². The van der Waals surface area contributed by atoms with Gasteiger partial charge < -0.3 is 9.84 Å². The van der Waals surface area contributed by atoms with E-state index in [-0.39, 0.29) is 22.4 Å². The molecule has 0 radical (unpaired) electrons. The summed E-state index contributed by atoms with van der Waals surface area (Å²) >= 11 is 11.8. The van der Waals surface area contributed by atoms with Crippen LogP contribution < -0.4 is 9.64 Å². The van der Waals surface area contributed by atoms with Gasteiger partial charge in [0.25, 0.3) is 5.91 Å². The summed E-state index contributed by atoms with van der Waals surface area (Å²) in [4.78, 5) is 26.0. The molecule has 0 unspecified atom stereocenters. The Kier molecular flexibility index (Phi) is 4.94. The molecule has 1 aliphatic rings. The summed E-state index contributed by atoms with van der Waals surface area (Å²) < 4.78 is 5.55. The number of anilines is 1. The van der Waals surface area contributed by atoms with E-state index in [2.05, 4.69) is 0 Å². The number of hydrogen-bond acceptors (Lipinski definition) is 4. The van der Waals surface area contributed by atoms with Crippen molar-refractivity contribution in [3.63, 3.8) is 0 Å². The molecule has 0 atom stereocenters. The average Bonchev–Trinajstić information content (AvgIpc) is 2.80. The Morgan fingerprint density at radius 1 is 0.962 bits per heavy atom. The minimum absolute atomic E-state index is 0.00769. The van der Waals surface area contributed by atoms with E-state index in [1.54, 1.807) is 24.3 Å². The smallest absolute Gasteiger partial charge is 0.301 e. The van der Waals surface area contributed by atoms with Crippen LogP contribution in [0.3, 0.4) is 0 Å². The van der Waals surface area contributed by atoms with E-state index in [4.69, 9.17) is 27.9 Å². The van der Waals surface area contributed by atoms with Crippen molar-refractivity contribution in [2.75, 3.05) is 4.90 Å². The molecular formula is C19H15Cl2NO4. The number of amides is 2. The third-order valence-corrected chi connectivity index (χ3v) is 4.47. The van der Waals surface area contributed by atoms with Gasteiger partial charge in [0.2, 0.25) is 0 Å². The second kappa shape index (κ2) is 7.02. The van der Waals surface area contributed by atoms with Crippen LogP contribution in [-0.2, 0) is 9.59 Å². The van der Waals surface area contributed by atoms with Crippen LogP contribution in [0.15, 0.2) is 48.2 Å². The Morgan fingerprint density at radius 2 is 1.62 bits per heavy atom. The SMILES string of the molecule is CC(C)Oc1ccc(C2=C(O)C(=O)N(c3ccc(Cl)c(Cl)c3)C2=O)cc1. The van der Waals surface area contributed by atoms with Gasteiger partial charge >= 0.3 is 5.91 Å². The fourth-order valence-electron chi connectivity index (χ4n) is 2.61. The van der Waals surface area contributed by atoms with Crippen molar-refractivity contribution in [1.82, 2.24) is 0 Å². The number of nitrogens with zero attached hydrogens (tertiary/aromatic N) is 1. The van der Waals surface area contributed by atoms with E-state index >= 15 is 0 Å². The molecule has 0 spiro atoms. The second-order valence-corrected chi connectivity index (χ2v) is 6.77. The maximum atomic E-state index is 12.8. The summed E-state index contributed by atoms with van der Waals surface area (Å²) in [6.07, 6.45) is 0.00769. The summed E-state index contributed by atoms with van der Waals surface area (Å²) in [5.41, 5.74) is 0.576. The Bertz CT molecular complexity index is 920. The summed E-state index contributed by atoms with van der Waals surface area (Å²) in [5.74, 6) is -1.44. The number of imide groups is 1. The van der Waals surface area contributed by atoms with E-state index in [9.17, 15) is 14.7 Å². The highest BCUT2D eigenvalue weighted by molar-refractivity contribution is 6.46. The number of carbonyl (C=O) groups excluding carboxylic acids is 2. The quantitative estimate of drug-likeness (QED) is 0.771. The van der Waals surface area contributed by atoms with Crippen LogP contribution in [0.1, 0.15) is 19.4 Å². The summed E-state index contributed by atoms with van der Waals surface area (Å²) in [6.45, 7) is 3.80. The van der Waals surface area contributed by atoms with Crippen molar-refractivity contribution < 1.29 is 19.4 Å². The fraction of sp³-hybridized carbons (Fsp3) is 0.158. The van der Waals surface area contributed by atoms with Gasteiger partial charge in [0.1, 0.15) is 5.75 Å². The van der Waals surface area contributed by atoms with E-state index in [1.807, 2.05) is 13.8 Å². The lowest BCUT2D eigenvalue weighted by molar-refractivity contribution is -0.121. The van der Waals surface area contributed by atoms with Gasteiger partial charge in [0.15, 0.2) is 5.76 Å². The highest BCUT2D eigenvalue weighted by Gasteiger charge is 2.40. The molecule has 1 N–H and O–H groups in total. The predicted molar refractivity (Wildman–Crippen MR) is 101 cm³/mol. The molecule has 2 aromatic carbocycles. The van der Waals surface area contributed by atoms with Crippen molar-refractivity contribution in [3.8, 4) is 5.75 Å². The van der Waals surface area contributed by atoms with Gasteiger partial charge in [-0.3, -0.25) is 9.59 Å². The lowest BCUT2D eigenvalue weighted by Crippen LogP contribution is -2.31. The number of carbonyl (C=O) groups is 2. The fourth-order valence-corrected chi connectivity index (χ4v) is 2.90. The number of ether oxygens (including phenoxy) is 1. The first-order chi connectivity index (χ1) is 12.3. The van der Waals surface area contributed by atoms with Crippen LogP contribution >= 0.6 is 23.2 Å². The Morgan fingerprint density at radius 3 is 2.19 bits per heavy atom. The first kappa shape index (κ1) is 18.3. The topological polar surface area (TPSA) is 66.8 Å². The van der Waals surface area contributed by atoms with Crippen LogP contribution in [-0.4, -0.2) is 23.0 Å². The highest BCUT2D eigenvalue weighted by atomic mass is 35.5. The van der Waals surface area contributed by atoms with Gasteiger partial charge in [-0.05, 0) is 49.7 Å². The predicted octanol–water partition coefficient (Wildman–Crippen LogP) is 4.62. The van der Waals surface area contributed by atoms with Gasteiger partial charge in [-0.25, -0.2) is 4.90 Å². The maximum Gasteiger partial charge on any atom is 0.301 e. The molecule has 0 fully saturated rings. The van der Waals surface area contributed by atoms with E-state index < -0.39 is 17.6 Å². The molecule has 3 rings (SSSR count). The Balaban J connectivity index is 1.95. The summed E-state index contributed by atoms with van der Waals surface area (Å²) in [5, 5.41) is 10.7. The maximum absolute atomic E-state index is 12.8. The largest absolute Gasteiger partial charge is 0.502 e. The van der Waals surface area contributed by atoms with Crippen molar-refractivity contribution >= 4 is 46.3 Å². The molecule has 1 aliphatic heterocycles. The van der Waals surface area contributed by atoms with E-state index in [0.717, 1.165) is 4.90 Å². The van der Waals surface area contributed by atoms with Crippen LogP contribution in [0, 0.1) is 0 Å². The van der Waals surface area contributed by atoms with Crippen molar-refractivity contribution in [2.45, 2.75) is 20.0 Å². The van der Waals surface area contributed by atoms with Crippen molar-refractivity contribution in [2.24, 2.45) is 0 Å². The third kappa shape index (κ3) is 3.28. The van der Waals surface area contributed by atoms with Gasteiger partial charge in [0.05, 0.1) is 27.4 Å². The molecule has 0 bridgehead atoms. The molecule has 0 aliphatic carbocycles. The minimum Gasteiger partial charge on any atom is -0.502 e. The number of aliphatic hydroxyl groups excluding tert-OH is 1. The van der Waals surface area contributed by atoms with E-state index in [0.29, 0.717) is 16.3 Å². The molecule has 0 saturated heterocycles. The molecule has 2 amide bonds. The van der Waals surface area contributed by atoms with E-state index in [1.165, 1.54) is 18.2 Å². The molecule has 2 aromatic rings. The minimum atomic E-state index is -0.814. The van der Waals surface area contributed by atoms with Gasteiger partial charge in [0, 0.05) is 0 Å². The normalized spacial score (nSPS) is 14.6. The number of rotatable bonds is 4. The summed E-state index contributed by atoms with van der Waals surface area (Å²) in [7, 11) is 0. The highest BCUT2D eigenvalue weighted by Crippen LogP contribution is 2.35. The number of hydrogen-bond donors (Lipinski definition) is 1. The first-order valence-corrected chi connectivity index (χ1v) is 8.59. The molecule has 1 heterocycles. The lowest BCUT2D eigenvalue weighted by Gasteiger charge is -2.15. The zero-order valence-electron chi connectivity index (χ0n) is 14.0. The zero-order valence-corrected chi connectivity index (χ0v) is 15.5. The molecule has 0 aromatic heterocycles.